The highest BCUT2D eigenvalue weighted by Gasteiger charge is 2.27. The van der Waals surface area contributed by atoms with E-state index in [1.165, 1.54) is 43.4 Å². The highest BCUT2D eigenvalue weighted by molar-refractivity contribution is 7.92. The molecule has 30 heavy (non-hydrogen) atoms. The molecule has 3 aromatic carbocycles. The van der Waals surface area contributed by atoms with Gasteiger partial charge in [0.2, 0.25) is 0 Å². The fourth-order valence-corrected chi connectivity index (χ4v) is 4.93. The number of sulfonamides is 1. The molecule has 1 heterocycles. The zero-order chi connectivity index (χ0) is 21.3. The first-order valence-corrected chi connectivity index (χ1v) is 11.1. The van der Waals surface area contributed by atoms with E-state index in [1.54, 1.807) is 17.0 Å². The van der Waals surface area contributed by atoms with Crippen molar-refractivity contribution in [2.24, 2.45) is 0 Å². The number of para-hydroxylation sites is 2. The van der Waals surface area contributed by atoms with Gasteiger partial charge in [-0.3, -0.25) is 9.10 Å². The van der Waals surface area contributed by atoms with E-state index in [4.69, 9.17) is 0 Å². The average molecular weight is 424 g/mol. The summed E-state index contributed by atoms with van der Waals surface area (Å²) in [4.78, 5) is 14.8. The van der Waals surface area contributed by atoms with Crippen LogP contribution in [0.1, 0.15) is 22.3 Å². The quantitative estimate of drug-likeness (QED) is 0.629. The molecule has 0 N–H and O–H groups in total. The predicted octanol–water partition coefficient (Wildman–Crippen LogP) is 4.24. The number of hydrogen-bond acceptors (Lipinski definition) is 3. The number of hydrogen-bond donors (Lipinski definition) is 0. The van der Waals surface area contributed by atoms with Gasteiger partial charge in [0, 0.05) is 24.8 Å². The molecule has 0 saturated heterocycles. The molecule has 3 aromatic rings. The molecular weight excluding hydrogens is 403 g/mol. The fourth-order valence-electron chi connectivity index (χ4n) is 3.68. The Morgan fingerprint density at radius 2 is 1.73 bits per heavy atom. The summed E-state index contributed by atoms with van der Waals surface area (Å²) in [5, 5.41) is 0. The molecule has 5 nitrogen and oxygen atoms in total. The Morgan fingerprint density at radius 1 is 1.00 bits per heavy atom. The van der Waals surface area contributed by atoms with Gasteiger partial charge in [-0.1, -0.05) is 36.4 Å². The molecule has 0 radical (unpaired) electrons. The van der Waals surface area contributed by atoms with Crippen molar-refractivity contribution < 1.29 is 17.6 Å². The summed E-state index contributed by atoms with van der Waals surface area (Å²) >= 11 is 0. The molecule has 4 rings (SSSR count). The Morgan fingerprint density at radius 3 is 2.53 bits per heavy atom. The molecule has 0 saturated carbocycles. The van der Waals surface area contributed by atoms with Gasteiger partial charge in [-0.2, -0.15) is 0 Å². The number of carbonyl (C=O) groups is 1. The first kappa shape index (κ1) is 20.1. The van der Waals surface area contributed by atoms with E-state index in [-0.39, 0.29) is 22.1 Å². The van der Waals surface area contributed by atoms with Crippen molar-refractivity contribution in [1.82, 2.24) is 0 Å². The van der Waals surface area contributed by atoms with E-state index in [0.717, 1.165) is 28.4 Å². The first-order valence-electron chi connectivity index (χ1n) is 9.63. The van der Waals surface area contributed by atoms with Crippen molar-refractivity contribution in [1.29, 1.82) is 0 Å². The number of rotatable bonds is 4. The van der Waals surface area contributed by atoms with Crippen molar-refractivity contribution in [3.63, 3.8) is 0 Å². The molecule has 1 amide bonds. The summed E-state index contributed by atoms with van der Waals surface area (Å²) in [6, 6.07) is 19.3. The van der Waals surface area contributed by atoms with Crippen LogP contribution in [0.15, 0.2) is 77.7 Å². The standard InChI is InChI=1S/C23H21FN2O3S/c1-25(22-14-5-3-12-20(22)24)30(28,29)19-11-6-9-18(16-19)23(27)26-15-7-10-17-8-2-4-13-21(17)26/h2-6,8-9,11-14,16H,7,10,15H2,1H3. The zero-order valence-corrected chi connectivity index (χ0v) is 17.3. The summed E-state index contributed by atoms with van der Waals surface area (Å²) in [5.74, 6) is -0.895. The predicted molar refractivity (Wildman–Crippen MR) is 115 cm³/mol. The largest absolute Gasteiger partial charge is 0.308 e. The highest BCUT2D eigenvalue weighted by atomic mass is 32.2. The van der Waals surface area contributed by atoms with Crippen LogP contribution < -0.4 is 9.21 Å². The second kappa shape index (κ2) is 7.91. The van der Waals surface area contributed by atoms with Crippen molar-refractivity contribution in [2.75, 3.05) is 22.8 Å². The number of anilines is 2. The van der Waals surface area contributed by atoms with Gasteiger partial charge < -0.3 is 4.90 Å². The molecule has 7 heteroatoms. The van der Waals surface area contributed by atoms with Crippen molar-refractivity contribution in [3.05, 3.63) is 89.7 Å². The molecule has 0 aliphatic carbocycles. The van der Waals surface area contributed by atoms with Crippen LogP contribution in [-0.2, 0) is 16.4 Å². The summed E-state index contributed by atoms with van der Waals surface area (Å²) < 4.78 is 41.1. The zero-order valence-electron chi connectivity index (χ0n) is 16.5. The van der Waals surface area contributed by atoms with E-state index in [0.29, 0.717) is 6.54 Å². The molecule has 0 atom stereocenters. The van der Waals surface area contributed by atoms with Gasteiger partial charge in [0.05, 0.1) is 10.6 Å². The molecular formula is C23H21FN2O3S. The van der Waals surface area contributed by atoms with E-state index in [1.807, 2.05) is 24.3 Å². The van der Waals surface area contributed by atoms with Crippen LogP contribution >= 0.6 is 0 Å². The number of benzene rings is 3. The Hall–Kier alpha value is -3.19. The number of amides is 1. The minimum atomic E-state index is -4.04. The van der Waals surface area contributed by atoms with Crippen LogP contribution in [0.25, 0.3) is 0 Å². The van der Waals surface area contributed by atoms with Crippen molar-refractivity contribution in [3.8, 4) is 0 Å². The Kier molecular flexibility index (Phi) is 5.30. The van der Waals surface area contributed by atoms with Crippen LogP contribution in [0.2, 0.25) is 0 Å². The molecule has 0 aromatic heterocycles. The Bertz CT molecular complexity index is 1210. The third-order valence-electron chi connectivity index (χ3n) is 5.29. The number of aryl methyl sites for hydroxylation is 1. The summed E-state index contributed by atoms with van der Waals surface area (Å²) in [6.07, 6.45) is 1.75. The lowest BCUT2D eigenvalue weighted by Crippen LogP contribution is -2.35. The second-order valence-corrected chi connectivity index (χ2v) is 9.11. The number of halogens is 1. The van der Waals surface area contributed by atoms with Crippen molar-refractivity contribution >= 4 is 27.3 Å². The third-order valence-corrected chi connectivity index (χ3v) is 7.05. The number of nitrogens with zero attached hydrogens (tertiary/aromatic N) is 2. The van der Waals surface area contributed by atoms with Crippen LogP contribution in [0.4, 0.5) is 15.8 Å². The number of fused-ring (bicyclic) bond motifs is 1. The molecule has 0 bridgehead atoms. The van der Waals surface area contributed by atoms with Gasteiger partial charge in [-0.15, -0.1) is 0 Å². The van der Waals surface area contributed by atoms with Gasteiger partial charge in [0.1, 0.15) is 5.82 Å². The van der Waals surface area contributed by atoms with E-state index in [9.17, 15) is 17.6 Å². The van der Waals surface area contributed by atoms with Crippen LogP contribution in [0.3, 0.4) is 0 Å². The maximum Gasteiger partial charge on any atom is 0.264 e. The lowest BCUT2D eigenvalue weighted by Gasteiger charge is -2.29. The second-order valence-electron chi connectivity index (χ2n) is 7.14. The van der Waals surface area contributed by atoms with Gasteiger partial charge in [-0.05, 0) is 54.8 Å². The van der Waals surface area contributed by atoms with Crippen LogP contribution in [-0.4, -0.2) is 27.9 Å². The fraction of sp³-hybridized carbons (Fsp3) is 0.174. The smallest absolute Gasteiger partial charge is 0.264 e. The van der Waals surface area contributed by atoms with E-state index < -0.39 is 15.8 Å². The average Bonchev–Trinajstić information content (AvgIpc) is 2.78. The van der Waals surface area contributed by atoms with Crippen LogP contribution in [0, 0.1) is 5.82 Å². The summed E-state index contributed by atoms with van der Waals surface area (Å²) in [5.41, 5.74) is 2.17. The summed E-state index contributed by atoms with van der Waals surface area (Å²) in [7, 11) is -2.74. The monoisotopic (exact) mass is 424 g/mol. The SMILES string of the molecule is CN(c1ccccc1F)S(=O)(=O)c1cccc(C(=O)N2CCCc3ccccc32)c1. The first-order chi connectivity index (χ1) is 14.4. The van der Waals surface area contributed by atoms with Crippen molar-refractivity contribution in [2.45, 2.75) is 17.7 Å². The minimum Gasteiger partial charge on any atom is -0.308 e. The third kappa shape index (κ3) is 3.57. The molecule has 0 fully saturated rings. The normalized spacial score (nSPS) is 13.6. The van der Waals surface area contributed by atoms with E-state index >= 15 is 0 Å². The highest BCUT2D eigenvalue weighted by Crippen LogP contribution is 2.29. The summed E-state index contributed by atoms with van der Waals surface area (Å²) in [6.45, 7) is 0.571. The topological polar surface area (TPSA) is 57.7 Å². The van der Waals surface area contributed by atoms with Crippen LogP contribution in [0.5, 0.6) is 0 Å². The van der Waals surface area contributed by atoms with Gasteiger partial charge in [0.25, 0.3) is 15.9 Å². The van der Waals surface area contributed by atoms with E-state index in [2.05, 4.69) is 0 Å². The molecule has 0 unspecified atom stereocenters. The van der Waals surface area contributed by atoms with Gasteiger partial charge in [0.15, 0.2) is 0 Å². The lowest BCUT2D eigenvalue weighted by atomic mass is 10.0. The molecule has 1 aliphatic heterocycles. The minimum absolute atomic E-state index is 0.0563. The Labute approximate surface area is 175 Å². The molecule has 154 valence electrons. The van der Waals surface area contributed by atoms with Gasteiger partial charge in [-0.25, -0.2) is 12.8 Å². The maximum atomic E-state index is 14.1. The molecule has 1 aliphatic rings. The lowest BCUT2D eigenvalue weighted by molar-refractivity contribution is 0.0985. The Balaban J connectivity index is 1.68. The molecule has 0 spiro atoms. The van der Waals surface area contributed by atoms with Gasteiger partial charge >= 0.3 is 0 Å². The number of carbonyl (C=O) groups excluding carboxylic acids is 1. The maximum absolute atomic E-state index is 14.1.